The number of nitrogens with one attached hydrogen (secondary N) is 2. The van der Waals surface area contributed by atoms with E-state index in [-0.39, 0.29) is 5.11 Å². The van der Waals surface area contributed by atoms with Gasteiger partial charge in [-0.05, 0) is 36.0 Å². The number of hydrazone groups is 1. The molecule has 0 aliphatic heterocycles. The second kappa shape index (κ2) is 6.66. The lowest BCUT2D eigenvalue weighted by molar-refractivity contribution is 0.355. The van der Waals surface area contributed by atoms with E-state index in [0.29, 0.717) is 11.5 Å². The zero-order chi connectivity index (χ0) is 12.7. The normalized spacial score (nSPS) is 10.1. The predicted octanol–water partition coefficient (Wildman–Crippen LogP) is 0.376. The maximum absolute atomic E-state index is 5.16. The molecule has 1 aromatic carbocycles. The van der Waals surface area contributed by atoms with Gasteiger partial charge in [0.05, 0.1) is 20.4 Å². The molecule has 6 nitrogen and oxygen atoms in total. The summed E-state index contributed by atoms with van der Waals surface area (Å²) in [7, 11) is 3.16. The van der Waals surface area contributed by atoms with E-state index in [9.17, 15) is 0 Å². The number of nitrogens with zero attached hydrogens (tertiary/aromatic N) is 1. The van der Waals surface area contributed by atoms with E-state index in [1.165, 1.54) is 0 Å². The van der Waals surface area contributed by atoms with Crippen LogP contribution in [-0.4, -0.2) is 25.5 Å². The molecule has 0 aromatic heterocycles. The van der Waals surface area contributed by atoms with E-state index in [0.717, 1.165) is 5.56 Å². The molecule has 0 fully saturated rings. The van der Waals surface area contributed by atoms with Crippen molar-refractivity contribution in [2.75, 3.05) is 14.2 Å². The first-order chi connectivity index (χ1) is 8.21. The van der Waals surface area contributed by atoms with Crippen molar-refractivity contribution in [3.8, 4) is 11.5 Å². The monoisotopic (exact) mass is 254 g/mol. The van der Waals surface area contributed by atoms with E-state index < -0.39 is 0 Å². The molecule has 0 saturated carbocycles. The molecule has 4 N–H and O–H groups in total. The summed E-state index contributed by atoms with van der Waals surface area (Å²) in [5.41, 5.74) is 5.64. The van der Waals surface area contributed by atoms with Crippen LogP contribution in [0.5, 0.6) is 11.5 Å². The number of nitrogens with two attached hydrogens (primary N) is 1. The maximum atomic E-state index is 5.16. The lowest BCUT2D eigenvalue weighted by Gasteiger charge is -2.07. The molecular weight excluding hydrogens is 240 g/mol. The van der Waals surface area contributed by atoms with Crippen molar-refractivity contribution in [3.63, 3.8) is 0 Å². The van der Waals surface area contributed by atoms with Crippen LogP contribution in [0.15, 0.2) is 23.3 Å². The molecule has 0 atom stereocenters. The fraction of sp³-hybridized carbons (Fsp3) is 0.200. The molecule has 0 spiro atoms. The Labute approximate surface area is 105 Å². The third-order valence-corrected chi connectivity index (χ3v) is 2.13. The summed E-state index contributed by atoms with van der Waals surface area (Å²) in [5, 5.41) is 4.13. The fourth-order valence-electron chi connectivity index (χ4n) is 1.13. The molecule has 0 aliphatic carbocycles. The average Bonchev–Trinajstić information content (AvgIpc) is 2.38. The molecular formula is C10H14N4O2S. The number of thiocarbonyl (C=S) groups is 1. The van der Waals surface area contributed by atoms with E-state index >= 15 is 0 Å². The molecule has 92 valence electrons. The number of hydrogen-bond acceptors (Lipinski definition) is 5. The van der Waals surface area contributed by atoms with Gasteiger partial charge in [-0.3, -0.25) is 10.9 Å². The van der Waals surface area contributed by atoms with Gasteiger partial charge in [0, 0.05) is 0 Å². The fourth-order valence-corrected chi connectivity index (χ4v) is 1.18. The highest BCUT2D eigenvalue weighted by atomic mass is 32.1. The molecule has 0 aliphatic rings. The van der Waals surface area contributed by atoms with Gasteiger partial charge in [-0.2, -0.15) is 5.10 Å². The minimum absolute atomic E-state index is 0.238. The van der Waals surface area contributed by atoms with E-state index in [4.69, 9.17) is 27.5 Å². The van der Waals surface area contributed by atoms with Crippen molar-refractivity contribution in [1.82, 2.24) is 10.9 Å². The maximum Gasteiger partial charge on any atom is 0.201 e. The summed E-state index contributed by atoms with van der Waals surface area (Å²) < 4.78 is 10.3. The van der Waals surface area contributed by atoms with Gasteiger partial charge in [-0.1, -0.05) is 0 Å². The Balaban J connectivity index is 2.75. The molecule has 0 bridgehead atoms. The van der Waals surface area contributed by atoms with E-state index in [1.807, 2.05) is 6.07 Å². The smallest absolute Gasteiger partial charge is 0.201 e. The minimum atomic E-state index is 0.238. The molecule has 1 aromatic rings. The van der Waals surface area contributed by atoms with Crippen LogP contribution in [0, 0.1) is 0 Å². The zero-order valence-corrected chi connectivity index (χ0v) is 10.4. The first-order valence-electron chi connectivity index (χ1n) is 4.73. The Morgan fingerprint density at radius 1 is 1.35 bits per heavy atom. The summed E-state index contributed by atoms with van der Waals surface area (Å²) in [6.45, 7) is 0. The number of ether oxygens (including phenoxy) is 2. The Kier molecular flexibility index (Phi) is 5.18. The molecule has 0 amide bonds. The summed E-state index contributed by atoms with van der Waals surface area (Å²) in [4.78, 5) is 0. The molecule has 17 heavy (non-hydrogen) atoms. The topological polar surface area (TPSA) is 80.9 Å². The van der Waals surface area contributed by atoms with Gasteiger partial charge < -0.3 is 9.47 Å². The molecule has 7 heteroatoms. The van der Waals surface area contributed by atoms with Crippen molar-refractivity contribution in [1.29, 1.82) is 0 Å². The zero-order valence-electron chi connectivity index (χ0n) is 9.56. The molecule has 0 unspecified atom stereocenters. The van der Waals surface area contributed by atoms with Crippen molar-refractivity contribution < 1.29 is 9.47 Å². The molecule has 0 heterocycles. The van der Waals surface area contributed by atoms with Gasteiger partial charge in [0.25, 0.3) is 0 Å². The van der Waals surface area contributed by atoms with Gasteiger partial charge in [0.1, 0.15) is 0 Å². The van der Waals surface area contributed by atoms with Crippen LogP contribution in [0.1, 0.15) is 5.56 Å². The van der Waals surface area contributed by atoms with E-state index in [2.05, 4.69) is 16.0 Å². The largest absolute Gasteiger partial charge is 0.493 e. The van der Waals surface area contributed by atoms with Crippen LogP contribution >= 0.6 is 12.2 Å². The lowest BCUT2D eigenvalue weighted by atomic mass is 10.2. The third kappa shape index (κ3) is 3.89. The Hall–Kier alpha value is -1.86. The first kappa shape index (κ1) is 13.2. The summed E-state index contributed by atoms with van der Waals surface area (Å²) in [6, 6.07) is 5.42. The minimum Gasteiger partial charge on any atom is -0.493 e. The van der Waals surface area contributed by atoms with Crippen LogP contribution in [0.3, 0.4) is 0 Å². The Morgan fingerprint density at radius 3 is 2.65 bits per heavy atom. The van der Waals surface area contributed by atoms with Gasteiger partial charge in [-0.25, -0.2) is 5.84 Å². The molecule has 1 rings (SSSR count). The number of rotatable bonds is 4. The van der Waals surface area contributed by atoms with Crippen LogP contribution in [0.25, 0.3) is 0 Å². The van der Waals surface area contributed by atoms with Gasteiger partial charge >= 0.3 is 0 Å². The SMILES string of the molecule is COc1ccc(/C=N/NC(=S)NN)cc1OC. The highest BCUT2D eigenvalue weighted by molar-refractivity contribution is 7.80. The van der Waals surface area contributed by atoms with Crippen molar-refractivity contribution in [2.24, 2.45) is 10.9 Å². The van der Waals surface area contributed by atoms with Gasteiger partial charge in [0.15, 0.2) is 11.5 Å². The summed E-state index contributed by atoms with van der Waals surface area (Å²) in [6.07, 6.45) is 1.59. The van der Waals surface area contributed by atoms with Gasteiger partial charge in [0.2, 0.25) is 5.11 Å². The van der Waals surface area contributed by atoms with Crippen LogP contribution in [-0.2, 0) is 0 Å². The summed E-state index contributed by atoms with van der Waals surface area (Å²) in [5.74, 6) is 6.37. The standard InChI is InChI=1S/C10H14N4O2S/c1-15-8-4-3-7(5-9(8)16-2)6-12-14-10(17)13-11/h3-6H,11H2,1-2H3,(H2,13,14,17)/b12-6+. The van der Waals surface area contributed by atoms with Gasteiger partial charge in [-0.15, -0.1) is 0 Å². The van der Waals surface area contributed by atoms with Crippen LogP contribution in [0.4, 0.5) is 0 Å². The molecule has 0 radical (unpaired) electrons. The van der Waals surface area contributed by atoms with Crippen molar-refractivity contribution >= 4 is 23.5 Å². The van der Waals surface area contributed by atoms with Crippen LogP contribution < -0.4 is 26.2 Å². The molecule has 0 saturated heterocycles. The Bertz CT molecular complexity index is 423. The second-order valence-electron chi connectivity index (χ2n) is 2.96. The van der Waals surface area contributed by atoms with Crippen molar-refractivity contribution in [3.05, 3.63) is 23.8 Å². The first-order valence-corrected chi connectivity index (χ1v) is 5.13. The number of methoxy groups -OCH3 is 2. The number of hydrazine groups is 1. The second-order valence-corrected chi connectivity index (χ2v) is 3.37. The average molecular weight is 254 g/mol. The van der Waals surface area contributed by atoms with Crippen LogP contribution in [0.2, 0.25) is 0 Å². The lowest BCUT2D eigenvalue weighted by Crippen LogP contribution is -2.37. The van der Waals surface area contributed by atoms with E-state index in [1.54, 1.807) is 32.6 Å². The third-order valence-electron chi connectivity index (χ3n) is 1.92. The Morgan fingerprint density at radius 2 is 2.06 bits per heavy atom. The highest BCUT2D eigenvalue weighted by Crippen LogP contribution is 2.26. The number of benzene rings is 1. The quantitative estimate of drug-likeness (QED) is 0.312. The predicted molar refractivity (Wildman–Crippen MR) is 70.2 cm³/mol. The number of hydrogen-bond donors (Lipinski definition) is 3. The van der Waals surface area contributed by atoms with Crippen molar-refractivity contribution in [2.45, 2.75) is 0 Å². The summed E-state index contributed by atoms with van der Waals surface area (Å²) >= 11 is 4.75. The highest BCUT2D eigenvalue weighted by Gasteiger charge is 2.02.